The van der Waals surface area contributed by atoms with E-state index in [1.807, 2.05) is 0 Å². The summed E-state index contributed by atoms with van der Waals surface area (Å²) < 4.78 is 9.64. The summed E-state index contributed by atoms with van der Waals surface area (Å²) in [5, 5.41) is 0. The molecule has 0 fully saturated rings. The van der Waals surface area contributed by atoms with Crippen LogP contribution >= 0.6 is 0 Å². The molecule has 0 aliphatic carbocycles. The first-order valence-corrected chi connectivity index (χ1v) is 3.97. The molecule has 1 radical (unpaired) electrons. The van der Waals surface area contributed by atoms with Gasteiger partial charge in [-0.25, -0.2) is 4.79 Å². The maximum atomic E-state index is 11.2. The van der Waals surface area contributed by atoms with Crippen LogP contribution in [0.2, 0.25) is 0 Å². The fourth-order valence-corrected chi connectivity index (χ4v) is 0.824. The van der Waals surface area contributed by atoms with E-state index >= 15 is 0 Å². The zero-order valence-electron chi connectivity index (χ0n) is 7.45. The van der Waals surface area contributed by atoms with E-state index < -0.39 is 0 Å². The van der Waals surface area contributed by atoms with Crippen molar-refractivity contribution in [3.63, 3.8) is 0 Å². The Balaban J connectivity index is 2.40. The van der Waals surface area contributed by atoms with Crippen molar-refractivity contribution in [2.75, 3.05) is 20.3 Å². The minimum Gasteiger partial charge on any atom is -0.460 e. The summed E-state index contributed by atoms with van der Waals surface area (Å²) in [5.41, 5.74) is 0.537. The number of carbonyl (C=O) groups excluding carboxylic acids is 1. The molecule has 0 unspecified atom stereocenters. The van der Waals surface area contributed by atoms with Crippen molar-refractivity contribution >= 4 is 5.97 Å². The molecular formula is C10H11O3. The van der Waals surface area contributed by atoms with Gasteiger partial charge < -0.3 is 9.47 Å². The summed E-state index contributed by atoms with van der Waals surface area (Å²) in [6, 6.07) is 9.49. The van der Waals surface area contributed by atoms with Crippen molar-refractivity contribution in [1.29, 1.82) is 0 Å². The number of hydrogen-bond acceptors (Lipinski definition) is 3. The lowest BCUT2D eigenvalue weighted by Crippen LogP contribution is -2.09. The van der Waals surface area contributed by atoms with E-state index in [0.29, 0.717) is 12.2 Å². The fraction of sp³-hybridized carbons (Fsp3) is 0.300. The predicted octanol–water partition coefficient (Wildman–Crippen LogP) is 1.29. The molecule has 3 heteroatoms. The van der Waals surface area contributed by atoms with Crippen LogP contribution < -0.4 is 0 Å². The van der Waals surface area contributed by atoms with Gasteiger partial charge in [0.25, 0.3) is 0 Å². The van der Waals surface area contributed by atoms with Gasteiger partial charge in [0, 0.05) is 7.11 Å². The number of ether oxygens (including phenoxy) is 2. The van der Waals surface area contributed by atoms with Crippen LogP contribution in [0.1, 0.15) is 10.4 Å². The SMILES string of the molecule is COCCOC(=O)c1cc[c]cc1. The summed E-state index contributed by atoms with van der Waals surface area (Å²) >= 11 is 0. The van der Waals surface area contributed by atoms with Crippen LogP contribution in [0.5, 0.6) is 0 Å². The third-order valence-corrected chi connectivity index (χ3v) is 1.47. The molecule has 3 nitrogen and oxygen atoms in total. The van der Waals surface area contributed by atoms with Crippen molar-refractivity contribution in [3.05, 3.63) is 35.9 Å². The smallest absolute Gasteiger partial charge is 0.338 e. The van der Waals surface area contributed by atoms with Crippen molar-refractivity contribution in [3.8, 4) is 0 Å². The molecule has 1 aromatic rings. The Morgan fingerprint density at radius 2 is 2.08 bits per heavy atom. The van der Waals surface area contributed by atoms with Gasteiger partial charge >= 0.3 is 5.97 Å². The average Bonchev–Trinajstić information content (AvgIpc) is 2.19. The van der Waals surface area contributed by atoms with Gasteiger partial charge in [-0.15, -0.1) is 0 Å². The van der Waals surface area contributed by atoms with E-state index in [1.54, 1.807) is 31.4 Å². The highest BCUT2D eigenvalue weighted by Gasteiger charge is 2.04. The average molecular weight is 179 g/mol. The molecule has 0 saturated carbocycles. The molecule has 0 aliphatic rings. The Morgan fingerprint density at radius 3 is 2.69 bits per heavy atom. The van der Waals surface area contributed by atoms with E-state index in [0.717, 1.165) is 0 Å². The Hall–Kier alpha value is -1.35. The Morgan fingerprint density at radius 1 is 1.38 bits per heavy atom. The van der Waals surface area contributed by atoms with E-state index in [-0.39, 0.29) is 12.6 Å². The topological polar surface area (TPSA) is 35.5 Å². The lowest BCUT2D eigenvalue weighted by Gasteiger charge is -2.02. The maximum absolute atomic E-state index is 11.2. The quantitative estimate of drug-likeness (QED) is 0.516. The van der Waals surface area contributed by atoms with Gasteiger partial charge in [-0.1, -0.05) is 12.1 Å². The molecule has 0 atom stereocenters. The Kier molecular flexibility index (Phi) is 3.99. The molecule has 69 valence electrons. The van der Waals surface area contributed by atoms with Crippen LogP contribution in [-0.2, 0) is 9.47 Å². The molecule has 1 aromatic carbocycles. The van der Waals surface area contributed by atoms with Gasteiger partial charge in [-0.2, -0.15) is 0 Å². The molecule has 0 saturated heterocycles. The summed E-state index contributed by atoms with van der Waals surface area (Å²) in [5.74, 6) is -0.328. The minimum absolute atomic E-state index is 0.286. The van der Waals surface area contributed by atoms with Gasteiger partial charge in [0.15, 0.2) is 0 Å². The fourth-order valence-electron chi connectivity index (χ4n) is 0.824. The van der Waals surface area contributed by atoms with Crippen LogP contribution in [-0.4, -0.2) is 26.3 Å². The summed E-state index contributed by atoms with van der Waals surface area (Å²) in [7, 11) is 1.56. The largest absolute Gasteiger partial charge is 0.460 e. The third-order valence-electron chi connectivity index (χ3n) is 1.47. The van der Waals surface area contributed by atoms with E-state index in [4.69, 9.17) is 9.47 Å². The van der Waals surface area contributed by atoms with Crippen LogP contribution in [0.25, 0.3) is 0 Å². The van der Waals surface area contributed by atoms with Crippen LogP contribution in [0.3, 0.4) is 0 Å². The third kappa shape index (κ3) is 3.25. The molecular weight excluding hydrogens is 168 g/mol. The standard InChI is InChI=1S/C10H11O3/c1-12-7-8-13-10(11)9-5-3-2-4-6-9/h3-6H,7-8H2,1H3. The summed E-state index contributed by atoms with van der Waals surface area (Å²) in [6.45, 7) is 0.707. The lowest BCUT2D eigenvalue weighted by molar-refractivity contribution is 0.0388. The van der Waals surface area contributed by atoms with E-state index in [9.17, 15) is 4.79 Å². The molecule has 0 spiro atoms. The number of carbonyl (C=O) groups is 1. The molecule has 0 aliphatic heterocycles. The van der Waals surface area contributed by atoms with Crippen molar-refractivity contribution in [2.45, 2.75) is 0 Å². The lowest BCUT2D eigenvalue weighted by atomic mass is 10.2. The predicted molar refractivity (Wildman–Crippen MR) is 47.4 cm³/mol. The van der Waals surface area contributed by atoms with E-state index in [2.05, 4.69) is 6.07 Å². The maximum Gasteiger partial charge on any atom is 0.338 e. The molecule has 0 heterocycles. The second kappa shape index (κ2) is 5.32. The molecule has 0 amide bonds. The highest BCUT2D eigenvalue weighted by atomic mass is 16.6. The number of benzene rings is 1. The monoisotopic (exact) mass is 179 g/mol. The van der Waals surface area contributed by atoms with Gasteiger partial charge in [-0.3, -0.25) is 0 Å². The second-order valence-electron chi connectivity index (χ2n) is 2.42. The number of rotatable bonds is 4. The molecule has 0 bridgehead atoms. The van der Waals surface area contributed by atoms with Crippen LogP contribution in [0.4, 0.5) is 0 Å². The number of esters is 1. The molecule has 1 rings (SSSR count). The zero-order valence-corrected chi connectivity index (χ0v) is 7.45. The first-order valence-electron chi connectivity index (χ1n) is 3.97. The van der Waals surface area contributed by atoms with Crippen molar-refractivity contribution < 1.29 is 14.3 Å². The molecule has 0 N–H and O–H groups in total. The van der Waals surface area contributed by atoms with Gasteiger partial charge in [0.1, 0.15) is 6.61 Å². The van der Waals surface area contributed by atoms with E-state index in [1.165, 1.54) is 0 Å². The second-order valence-corrected chi connectivity index (χ2v) is 2.42. The van der Waals surface area contributed by atoms with Gasteiger partial charge in [0.05, 0.1) is 12.2 Å². The Bertz CT molecular complexity index is 256. The Labute approximate surface area is 77.3 Å². The number of methoxy groups -OCH3 is 1. The zero-order chi connectivity index (χ0) is 9.52. The highest BCUT2D eigenvalue weighted by molar-refractivity contribution is 5.89. The number of hydrogen-bond donors (Lipinski definition) is 0. The van der Waals surface area contributed by atoms with Gasteiger partial charge in [0.2, 0.25) is 0 Å². The normalized spacial score (nSPS) is 9.62. The summed E-state index contributed by atoms with van der Waals surface area (Å²) in [6.07, 6.45) is 0. The molecule has 13 heavy (non-hydrogen) atoms. The van der Waals surface area contributed by atoms with Crippen molar-refractivity contribution in [1.82, 2.24) is 0 Å². The van der Waals surface area contributed by atoms with Crippen LogP contribution in [0.15, 0.2) is 24.3 Å². The molecule has 0 aromatic heterocycles. The van der Waals surface area contributed by atoms with Crippen molar-refractivity contribution in [2.24, 2.45) is 0 Å². The highest BCUT2D eigenvalue weighted by Crippen LogP contribution is 1.99. The van der Waals surface area contributed by atoms with Crippen LogP contribution in [0, 0.1) is 6.07 Å². The first kappa shape index (κ1) is 9.74. The minimum atomic E-state index is -0.328. The van der Waals surface area contributed by atoms with Gasteiger partial charge in [-0.05, 0) is 18.2 Å². The summed E-state index contributed by atoms with van der Waals surface area (Å²) in [4.78, 5) is 11.2. The first-order chi connectivity index (χ1) is 6.34.